The number of nitrogens with zero attached hydrogens (tertiary/aromatic N) is 1. The number of carboxylic acid groups (broad SMARTS) is 1. The van der Waals surface area contributed by atoms with E-state index >= 15 is 0 Å². The van der Waals surface area contributed by atoms with Crippen LogP contribution in [-0.4, -0.2) is 22.0 Å². The van der Waals surface area contributed by atoms with Crippen LogP contribution in [0, 0.1) is 13.8 Å². The molecule has 31 heavy (non-hydrogen) atoms. The number of alkyl halides is 2. The van der Waals surface area contributed by atoms with Gasteiger partial charge in [0.2, 0.25) is 0 Å². The smallest absolute Gasteiger partial charge is 0.375 e. The first-order valence-electron chi connectivity index (χ1n) is 10.2. The van der Waals surface area contributed by atoms with Gasteiger partial charge in [-0.1, -0.05) is 35.9 Å². The van der Waals surface area contributed by atoms with Crippen LogP contribution in [0.5, 0.6) is 5.75 Å². The SMILES string of the molecule is Cc1ccc(-c2nc(C)c(COc3ccc4c(c3)CCCC4C(F)(F)C(=O)O)s2)cc1. The average molecular weight is 444 g/mol. The number of halogens is 2. The Labute approximate surface area is 183 Å². The number of benzene rings is 2. The molecule has 2 aromatic carbocycles. The van der Waals surface area contributed by atoms with Gasteiger partial charge >= 0.3 is 11.9 Å². The Morgan fingerprint density at radius 3 is 2.68 bits per heavy atom. The molecule has 1 aliphatic carbocycles. The van der Waals surface area contributed by atoms with Crippen molar-refractivity contribution >= 4 is 17.3 Å². The van der Waals surface area contributed by atoms with Crippen LogP contribution < -0.4 is 4.74 Å². The molecule has 1 N–H and O–H groups in total. The number of carbonyl (C=O) groups is 1. The number of rotatable bonds is 6. The third-order valence-electron chi connectivity index (χ3n) is 5.71. The summed E-state index contributed by atoms with van der Waals surface area (Å²) in [5, 5.41) is 9.86. The molecule has 0 saturated heterocycles. The molecule has 4 rings (SSSR count). The molecule has 0 amide bonds. The van der Waals surface area contributed by atoms with E-state index in [1.54, 1.807) is 29.5 Å². The summed E-state index contributed by atoms with van der Waals surface area (Å²) in [5.41, 5.74) is 4.29. The van der Waals surface area contributed by atoms with E-state index in [2.05, 4.69) is 17.1 Å². The first-order valence-corrected chi connectivity index (χ1v) is 11.0. The lowest BCUT2D eigenvalue weighted by molar-refractivity contribution is -0.169. The molecule has 162 valence electrons. The number of thiazole rings is 1. The molecular weight excluding hydrogens is 420 g/mol. The van der Waals surface area contributed by atoms with Crippen molar-refractivity contribution in [1.82, 2.24) is 4.98 Å². The maximum Gasteiger partial charge on any atom is 0.375 e. The Balaban J connectivity index is 1.50. The van der Waals surface area contributed by atoms with Crippen LogP contribution >= 0.6 is 11.3 Å². The van der Waals surface area contributed by atoms with Crippen LogP contribution in [0.3, 0.4) is 0 Å². The van der Waals surface area contributed by atoms with Gasteiger partial charge in [-0.05, 0) is 56.4 Å². The molecule has 1 aliphatic rings. The standard InChI is InChI=1S/C24H23F2NO3S/c1-14-6-8-16(9-7-14)22-27-15(2)21(31-22)13-30-18-10-11-19-17(12-18)4-3-5-20(19)24(25,26)23(28)29/h6-12,20H,3-5,13H2,1-2H3,(H,28,29). The largest absolute Gasteiger partial charge is 0.488 e. The highest BCUT2D eigenvalue weighted by Gasteiger charge is 2.49. The second-order valence-corrected chi connectivity index (χ2v) is 9.00. The van der Waals surface area contributed by atoms with Crippen molar-refractivity contribution < 1.29 is 23.4 Å². The highest BCUT2D eigenvalue weighted by atomic mass is 32.1. The number of ether oxygens (including phenoxy) is 1. The predicted octanol–water partition coefficient (Wildman–Crippen LogP) is 6.15. The monoisotopic (exact) mass is 443 g/mol. The molecule has 0 saturated carbocycles. The van der Waals surface area contributed by atoms with E-state index in [9.17, 15) is 13.6 Å². The zero-order chi connectivity index (χ0) is 22.2. The van der Waals surface area contributed by atoms with Gasteiger partial charge in [0, 0.05) is 5.56 Å². The third-order valence-corrected chi connectivity index (χ3v) is 6.89. The van der Waals surface area contributed by atoms with Gasteiger partial charge in [-0.3, -0.25) is 0 Å². The number of aryl methyl sites for hydroxylation is 3. The van der Waals surface area contributed by atoms with E-state index < -0.39 is 17.8 Å². The summed E-state index contributed by atoms with van der Waals surface area (Å²) in [4.78, 5) is 16.7. The molecule has 1 heterocycles. The van der Waals surface area contributed by atoms with E-state index in [1.807, 2.05) is 26.0 Å². The first kappa shape index (κ1) is 21.4. The lowest BCUT2D eigenvalue weighted by Crippen LogP contribution is -2.37. The Morgan fingerprint density at radius 2 is 1.97 bits per heavy atom. The maximum absolute atomic E-state index is 14.2. The quantitative estimate of drug-likeness (QED) is 0.497. The molecule has 0 radical (unpaired) electrons. The molecule has 0 bridgehead atoms. The summed E-state index contributed by atoms with van der Waals surface area (Å²) in [5.74, 6) is -6.56. The Hall–Kier alpha value is -2.80. The number of fused-ring (bicyclic) bond motifs is 1. The van der Waals surface area contributed by atoms with Crippen molar-refractivity contribution in [3.8, 4) is 16.3 Å². The third kappa shape index (κ3) is 4.32. The topological polar surface area (TPSA) is 59.4 Å². The van der Waals surface area contributed by atoms with Crippen molar-refractivity contribution in [2.24, 2.45) is 0 Å². The van der Waals surface area contributed by atoms with E-state index in [1.165, 1.54) is 5.56 Å². The van der Waals surface area contributed by atoms with E-state index in [4.69, 9.17) is 9.84 Å². The van der Waals surface area contributed by atoms with Crippen LogP contribution in [0.1, 0.15) is 46.0 Å². The minimum atomic E-state index is -3.77. The summed E-state index contributed by atoms with van der Waals surface area (Å²) in [6.07, 6.45) is 1.32. The zero-order valence-corrected chi connectivity index (χ0v) is 18.1. The van der Waals surface area contributed by atoms with Crippen molar-refractivity contribution in [1.29, 1.82) is 0 Å². The van der Waals surface area contributed by atoms with E-state index in [0.29, 0.717) is 30.8 Å². The van der Waals surface area contributed by atoms with Gasteiger partial charge in [0.25, 0.3) is 0 Å². The van der Waals surface area contributed by atoms with Gasteiger partial charge in [0.1, 0.15) is 17.4 Å². The molecule has 1 aromatic heterocycles. The second kappa shape index (κ2) is 8.38. The van der Waals surface area contributed by atoms with Crippen LogP contribution in [0.2, 0.25) is 0 Å². The Kier molecular flexibility index (Phi) is 5.79. The van der Waals surface area contributed by atoms with Gasteiger partial charge < -0.3 is 9.84 Å². The summed E-state index contributed by atoms with van der Waals surface area (Å²) < 4.78 is 34.2. The van der Waals surface area contributed by atoms with E-state index in [-0.39, 0.29) is 6.42 Å². The first-order chi connectivity index (χ1) is 14.8. The molecular formula is C24H23F2NO3S. The molecule has 7 heteroatoms. The van der Waals surface area contributed by atoms with Crippen LogP contribution in [-0.2, 0) is 17.8 Å². The Morgan fingerprint density at radius 1 is 1.23 bits per heavy atom. The van der Waals surface area contributed by atoms with Gasteiger partial charge in [0.15, 0.2) is 0 Å². The summed E-state index contributed by atoms with van der Waals surface area (Å²) in [6, 6.07) is 13.2. The molecule has 3 aromatic rings. The summed E-state index contributed by atoms with van der Waals surface area (Å²) >= 11 is 1.57. The van der Waals surface area contributed by atoms with Crippen molar-refractivity contribution in [2.75, 3.05) is 0 Å². The number of hydrogen-bond acceptors (Lipinski definition) is 4. The average Bonchev–Trinajstić information content (AvgIpc) is 3.12. The van der Waals surface area contributed by atoms with Gasteiger partial charge in [-0.2, -0.15) is 8.78 Å². The molecule has 1 atom stereocenters. The molecule has 1 unspecified atom stereocenters. The minimum absolute atomic E-state index is 0.161. The lowest BCUT2D eigenvalue weighted by Gasteiger charge is -2.29. The maximum atomic E-state index is 14.2. The lowest BCUT2D eigenvalue weighted by atomic mass is 9.79. The highest BCUT2D eigenvalue weighted by Crippen LogP contribution is 2.43. The predicted molar refractivity (Wildman–Crippen MR) is 116 cm³/mol. The fourth-order valence-electron chi connectivity index (χ4n) is 3.94. The van der Waals surface area contributed by atoms with Crippen LogP contribution in [0.25, 0.3) is 10.6 Å². The zero-order valence-electron chi connectivity index (χ0n) is 17.3. The van der Waals surface area contributed by atoms with Crippen molar-refractivity contribution in [3.05, 3.63) is 69.7 Å². The van der Waals surface area contributed by atoms with Crippen LogP contribution in [0.4, 0.5) is 8.78 Å². The van der Waals surface area contributed by atoms with Gasteiger partial charge in [0.05, 0.1) is 16.5 Å². The van der Waals surface area contributed by atoms with Gasteiger partial charge in [-0.15, -0.1) is 11.3 Å². The molecule has 0 aliphatic heterocycles. The highest BCUT2D eigenvalue weighted by molar-refractivity contribution is 7.15. The fraction of sp³-hybridized carbons (Fsp3) is 0.333. The number of aromatic nitrogens is 1. The second-order valence-electron chi connectivity index (χ2n) is 7.92. The van der Waals surface area contributed by atoms with Crippen molar-refractivity contribution in [3.63, 3.8) is 0 Å². The fourth-order valence-corrected chi connectivity index (χ4v) is 4.92. The molecule has 0 fully saturated rings. The number of carboxylic acids is 1. The van der Waals surface area contributed by atoms with Crippen LogP contribution in [0.15, 0.2) is 42.5 Å². The summed E-state index contributed by atoms with van der Waals surface area (Å²) in [7, 11) is 0. The van der Waals surface area contributed by atoms with Gasteiger partial charge in [-0.25, -0.2) is 9.78 Å². The molecule has 0 spiro atoms. The molecule has 4 nitrogen and oxygen atoms in total. The Bertz CT molecular complexity index is 1110. The number of hydrogen-bond donors (Lipinski definition) is 1. The number of aliphatic carboxylic acids is 1. The van der Waals surface area contributed by atoms with E-state index in [0.717, 1.165) is 26.7 Å². The normalized spacial score (nSPS) is 16.1. The minimum Gasteiger partial charge on any atom is -0.488 e. The summed E-state index contributed by atoms with van der Waals surface area (Å²) in [6.45, 7) is 4.32. The van der Waals surface area contributed by atoms with Crippen molar-refractivity contribution in [2.45, 2.75) is 51.6 Å².